The Hall–Kier alpha value is -2.12. The molecule has 1 saturated carbocycles. The van der Waals surface area contributed by atoms with E-state index in [1.165, 1.54) is 22.4 Å². The third kappa shape index (κ3) is 2.19. The molecule has 1 aliphatic carbocycles. The molecule has 1 amide bonds. The van der Waals surface area contributed by atoms with Crippen LogP contribution in [0.2, 0.25) is 0 Å². The summed E-state index contributed by atoms with van der Waals surface area (Å²) in [7, 11) is 0. The first kappa shape index (κ1) is 15.4. The number of nitrogens with one attached hydrogen (secondary N) is 1. The van der Waals surface area contributed by atoms with Gasteiger partial charge in [0.1, 0.15) is 10.9 Å². The third-order valence-electron chi connectivity index (χ3n) is 5.49. The number of aryl methyl sites for hydroxylation is 1. The summed E-state index contributed by atoms with van der Waals surface area (Å²) in [4.78, 5) is 14.6. The first-order valence-corrected chi connectivity index (χ1v) is 9.49. The van der Waals surface area contributed by atoms with E-state index in [0.717, 1.165) is 48.2 Å². The molecule has 2 aromatic rings. The summed E-state index contributed by atoms with van der Waals surface area (Å²) in [6.07, 6.45) is 6.27. The van der Waals surface area contributed by atoms with Crippen LogP contribution in [0.3, 0.4) is 0 Å². The number of hydrogen-bond donors (Lipinski definition) is 1. The number of anilines is 1. The van der Waals surface area contributed by atoms with Crippen molar-refractivity contribution in [1.29, 1.82) is 5.26 Å². The van der Waals surface area contributed by atoms with E-state index < -0.39 is 0 Å². The molecule has 24 heavy (non-hydrogen) atoms. The lowest BCUT2D eigenvalue weighted by atomic mass is 9.70. The van der Waals surface area contributed by atoms with Gasteiger partial charge in [0, 0.05) is 10.6 Å². The molecular weight excluding hydrogens is 316 g/mol. The summed E-state index contributed by atoms with van der Waals surface area (Å²) >= 11 is 1.55. The number of carbonyl (C=O) groups is 1. The fraction of sp³-hybridized carbons (Fsp3) is 0.400. The molecule has 0 bridgehead atoms. The second-order valence-corrected chi connectivity index (χ2v) is 7.84. The average Bonchev–Trinajstić information content (AvgIpc) is 3.16. The van der Waals surface area contributed by atoms with Crippen molar-refractivity contribution in [3.8, 4) is 16.5 Å². The van der Waals surface area contributed by atoms with Crippen LogP contribution in [0.25, 0.3) is 10.4 Å². The third-order valence-corrected chi connectivity index (χ3v) is 6.62. The minimum absolute atomic E-state index is 0.175. The quantitative estimate of drug-likeness (QED) is 0.838. The van der Waals surface area contributed by atoms with E-state index in [0.29, 0.717) is 0 Å². The average molecular weight is 336 g/mol. The second kappa shape index (κ2) is 5.75. The van der Waals surface area contributed by atoms with Gasteiger partial charge >= 0.3 is 0 Å². The van der Waals surface area contributed by atoms with Crippen molar-refractivity contribution in [3.63, 3.8) is 0 Å². The summed E-state index contributed by atoms with van der Waals surface area (Å²) in [5.74, 6) is 0.175. The van der Waals surface area contributed by atoms with Gasteiger partial charge in [-0.2, -0.15) is 5.26 Å². The number of amides is 1. The Morgan fingerprint density at radius 1 is 1.25 bits per heavy atom. The van der Waals surface area contributed by atoms with Crippen LogP contribution in [-0.4, -0.2) is 5.91 Å². The van der Waals surface area contributed by atoms with E-state index >= 15 is 0 Å². The predicted molar refractivity (Wildman–Crippen MR) is 97.2 cm³/mol. The van der Waals surface area contributed by atoms with Crippen LogP contribution in [-0.2, 0) is 16.6 Å². The zero-order chi connectivity index (χ0) is 16.7. The normalized spacial score (nSPS) is 18.2. The first-order chi connectivity index (χ1) is 11.7. The molecule has 2 heterocycles. The van der Waals surface area contributed by atoms with Gasteiger partial charge in [0.2, 0.25) is 5.91 Å². The van der Waals surface area contributed by atoms with E-state index in [9.17, 15) is 10.1 Å². The highest BCUT2D eigenvalue weighted by Crippen LogP contribution is 2.49. The lowest BCUT2D eigenvalue weighted by molar-refractivity contribution is -0.121. The smallest absolute Gasteiger partial charge is 0.235 e. The van der Waals surface area contributed by atoms with Crippen molar-refractivity contribution in [1.82, 2.24) is 0 Å². The molecule has 122 valence electrons. The van der Waals surface area contributed by atoms with Gasteiger partial charge in [0.15, 0.2) is 0 Å². The Kier molecular flexibility index (Phi) is 3.69. The largest absolute Gasteiger partial charge is 0.325 e. The molecule has 2 aliphatic rings. The van der Waals surface area contributed by atoms with Gasteiger partial charge in [0.25, 0.3) is 0 Å². The minimum atomic E-state index is -0.328. The molecule has 1 spiro atoms. The van der Waals surface area contributed by atoms with E-state index in [-0.39, 0.29) is 11.3 Å². The van der Waals surface area contributed by atoms with E-state index in [1.54, 1.807) is 11.3 Å². The molecule has 1 aromatic heterocycles. The maximum Gasteiger partial charge on any atom is 0.235 e. The van der Waals surface area contributed by atoms with Gasteiger partial charge in [-0.05, 0) is 54.2 Å². The number of nitrogens with zero attached hydrogens (tertiary/aromatic N) is 1. The van der Waals surface area contributed by atoms with E-state index in [4.69, 9.17) is 0 Å². The van der Waals surface area contributed by atoms with Crippen LogP contribution in [0.5, 0.6) is 0 Å². The van der Waals surface area contributed by atoms with Crippen molar-refractivity contribution in [3.05, 3.63) is 40.3 Å². The number of nitriles is 1. The number of carbonyl (C=O) groups excluding carboxylic acids is 1. The lowest BCUT2D eigenvalue weighted by Crippen LogP contribution is -2.36. The molecule has 0 atom stereocenters. The summed E-state index contributed by atoms with van der Waals surface area (Å²) in [5, 5.41) is 12.3. The van der Waals surface area contributed by atoms with Crippen LogP contribution >= 0.6 is 11.3 Å². The highest BCUT2D eigenvalue weighted by atomic mass is 32.1. The number of benzene rings is 1. The minimum Gasteiger partial charge on any atom is -0.325 e. The summed E-state index contributed by atoms with van der Waals surface area (Å²) in [6.45, 7) is 2.12. The Morgan fingerprint density at radius 3 is 2.75 bits per heavy atom. The standard InChI is InChI=1S/C20H20N2OS/c1-2-13-10-15(12-21)24-18(13)14-6-7-17-16(11-14)20(19(23)22-17)8-4-3-5-9-20/h6-7,10-11H,2-5,8-9H2,1H3,(H,22,23). The number of fused-ring (bicyclic) bond motifs is 2. The first-order valence-electron chi connectivity index (χ1n) is 8.67. The predicted octanol–water partition coefficient (Wildman–Crippen LogP) is 5.00. The molecule has 1 fully saturated rings. The maximum atomic E-state index is 12.7. The van der Waals surface area contributed by atoms with Crippen molar-refractivity contribution in [2.75, 3.05) is 5.32 Å². The molecule has 0 radical (unpaired) electrons. The molecule has 0 unspecified atom stereocenters. The molecule has 1 aliphatic heterocycles. The van der Waals surface area contributed by atoms with E-state index in [1.807, 2.05) is 12.1 Å². The van der Waals surface area contributed by atoms with Gasteiger partial charge in [-0.25, -0.2) is 0 Å². The van der Waals surface area contributed by atoms with Crippen molar-refractivity contribution >= 4 is 22.9 Å². The van der Waals surface area contributed by atoms with E-state index in [2.05, 4.69) is 30.4 Å². The SMILES string of the molecule is CCc1cc(C#N)sc1-c1ccc2c(c1)C1(CCCCC1)C(=O)N2. The Balaban J connectivity index is 1.84. The number of hydrogen-bond acceptors (Lipinski definition) is 3. The van der Waals surface area contributed by atoms with Gasteiger partial charge in [-0.3, -0.25) is 4.79 Å². The molecule has 1 N–H and O–H groups in total. The molecule has 4 heteroatoms. The van der Waals surface area contributed by atoms with Crippen LogP contribution in [0.4, 0.5) is 5.69 Å². The molecular formula is C20H20N2OS. The molecule has 3 nitrogen and oxygen atoms in total. The van der Waals surface area contributed by atoms with Gasteiger partial charge in [-0.15, -0.1) is 11.3 Å². The van der Waals surface area contributed by atoms with Crippen LogP contribution in [0.15, 0.2) is 24.3 Å². The highest BCUT2D eigenvalue weighted by Gasteiger charge is 2.47. The fourth-order valence-electron chi connectivity index (χ4n) is 4.20. The topological polar surface area (TPSA) is 52.9 Å². The van der Waals surface area contributed by atoms with Crippen molar-refractivity contribution in [2.45, 2.75) is 50.9 Å². The van der Waals surface area contributed by atoms with Gasteiger partial charge < -0.3 is 5.32 Å². The molecule has 4 rings (SSSR count). The summed E-state index contributed by atoms with van der Waals surface area (Å²) in [5.41, 5.74) is 4.16. The zero-order valence-corrected chi connectivity index (χ0v) is 14.6. The molecule has 0 saturated heterocycles. The monoisotopic (exact) mass is 336 g/mol. The second-order valence-electron chi connectivity index (χ2n) is 6.79. The lowest BCUT2D eigenvalue weighted by Gasteiger charge is -2.31. The zero-order valence-electron chi connectivity index (χ0n) is 13.8. The van der Waals surface area contributed by atoms with Crippen molar-refractivity contribution in [2.24, 2.45) is 0 Å². The van der Waals surface area contributed by atoms with Crippen LogP contribution < -0.4 is 5.32 Å². The maximum absolute atomic E-state index is 12.7. The van der Waals surface area contributed by atoms with Crippen molar-refractivity contribution < 1.29 is 4.79 Å². The fourth-order valence-corrected chi connectivity index (χ4v) is 5.24. The Morgan fingerprint density at radius 2 is 2.04 bits per heavy atom. The van der Waals surface area contributed by atoms with Gasteiger partial charge in [0.05, 0.1) is 5.41 Å². The van der Waals surface area contributed by atoms with Gasteiger partial charge in [-0.1, -0.05) is 32.3 Å². The molecule has 1 aromatic carbocycles. The van der Waals surface area contributed by atoms with Crippen LogP contribution in [0.1, 0.15) is 55.0 Å². The summed E-state index contributed by atoms with van der Waals surface area (Å²) < 4.78 is 0. The highest BCUT2D eigenvalue weighted by molar-refractivity contribution is 7.16. The number of thiophene rings is 1. The number of rotatable bonds is 2. The summed E-state index contributed by atoms with van der Waals surface area (Å²) in [6, 6.07) is 10.6. The van der Waals surface area contributed by atoms with Crippen LogP contribution in [0, 0.1) is 11.3 Å². The Labute approximate surface area is 146 Å². The Bertz CT molecular complexity index is 853.